The maximum Gasteiger partial charge on any atom is 0.266 e. The van der Waals surface area contributed by atoms with Crippen LogP contribution in [0.5, 0.6) is 0 Å². The summed E-state index contributed by atoms with van der Waals surface area (Å²) >= 11 is 0. The summed E-state index contributed by atoms with van der Waals surface area (Å²) in [6.07, 6.45) is 3.78. The largest absolute Gasteiger partial charge is 0.372 e. The molecule has 0 aliphatic carbocycles. The molecule has 0 aromatic heterocycles. The topological polar surface area (TPSA) is 47.3 Å². The van der Waals surface area contributed by atoms with E-state index in [0.29, 0.717) is 5.92 Å². The van der Waals surface area contributed by atoms with Crippen LogP contribution in [0.1, 0.15) is 47.5 Å². The van der Waals surface area contributed by atoms with Crippen molar-refractivity contribution in [1.82, 2.24) is 9.80 Å². The lowest BCUT2D eigenvalue weighted by atomic mass is 9.98. The zero-order valence-corrected chi connectivity index (χ0v) is 13.4. The third kappa shape index (κ3) is 4.26. The molecule has 112 valence electrons. The van der Waals surface area contributed by atoms with Crippen molar-refractivity contribution in [2.45, 2.75) is 53.0 Å². The van der Waals surface area contributed by atoms with Crippen molar-refractivity contribution in [2.24, 2.45) is 5.92 Å². The maximum absolute atomic E-state index is 12.4. The third-order valence-electron chi connectivity index (χ3n) is 3.91. The maximum atomic E-state index is 12.4. The number of rotatable bonds is 3. The normalized spacial score (nSPS) is 17.8. The standard InChI is InChI=1S/C16H27N3O/c1-6-19(16(3,4)5)12-14(11-17)15(20)18-9-7-13(2)8-10-18/h12-13H,6-10H2,1-5H3/b14-12-. The predicted octanol–water partition coefficient (Wildman–Crippen LogP) is 2.77. The van der Waals surface area contributed by atoms with Crippen molar-refractivity contribution in [1.29, 1.82) is 5.26 Å². The number of piperidine rings is 1. The van der Waals surface area contributed by atoms with E-state index in [2.05, 4.69) is 33.8 Å². The van der Waals surface area contributed by atoms with Gasteiger partial charge in [0.05, 0.1) is 0 Å². The summed E-state index contributed by atoms with van der Waals surface area (Å²) in [6.45, 7) is 12.8. The van der Waals surface area contributed by atoms with Crippen molar-refractivity contribution in [3.05, 3.63) is 11.8 Å². The van der Waals surface area contributed by atoms with E-state index in [1.165, 1.54) is 0 Å². The van der Waals surface area contributed by atoms with Crippen LogP contribution in [0.2, 0.25) is 0 Å². The van der Waals surface area contributed by atoms with Gasteiger partial charge >= 0.3 is 0 Å². The highest BCUT2D eigenvalue weighted by Gasteiger charge is 2.25. The Labute approximate surface area is 123 Å². The van der Waals surface area contributed by atoms with Crippen LogP contribution in [0, 0.1) is 17.2 Å². The van der Waals surface area contributed by atoms with E-state index in [1.807, 2.05) is 16.7 Å². The first-order chi connectivity index (χ1) is 9.29. The van der Waals surface area contributed by atoms with E-state index >= 15 is 0 Å². The smallest absolute Gasteiger partial charge is 0.266 e. The number of hydrogen-bond acceptors (Lipinski definition) is 3. The zero-order chi connectivity index (χ0) is 15.3. The van der Waals surface area contributed by atoms with Crippen LogP contribution >= 0.6 is 0 Å². The molecule has 1 aliphatic heterocycles. The number of carbonyl (C=O) groups is 1. The van der Waals surface area contributed by atoms with Gasteiger partial charge in [-0.2, -0.15) is 5.26 Å². The highest BCUT2D eigenvalue weighted by Crippen LogP contribution is 2.19. The molecule has 0 N–H and O–H groups in total. The van der Waals surface area contributed by atoms with Gasteiger partial charge in [-0.15, -0.1) is 0 Å². The van der Waals surface area contributed by atoms with Crippen LogP contribution in [0.4, 0.5) is 0 Å². The fourth-order valence-electron chi connectivity index (χ4n) is 2.43. The van der Waals surface area contributed by atoms with Gasteiger partial charge in [-0.3, -0.25) is 4.79 Å². The van der Waals surface area contributed by atoms with Gasteiger partial charge < -0.3 is 9.80 Å². The van der Waals surface area contributed by atoms with Gasteiger partial charge in [-0.1, -0.05) is 6.92 Å². The van der Waals surface area contributed by atoms with Gasteiger partial charge in [0.25, 0.3) is 5.91 Å². The molecule has 4 nitrogen and oxygen atoms in total. The number of amides is 1. The van der Waals surface area contributed by atoms with Crippen molar-refractivity contribution in [3.63, 3.8) is 0 Å². The van der Waals surface area contributed by atoms with Gasteiger partial charge in [0.1, 0.15) is 11.6 Å². The fourth-order valence-corrected chi connectivity index (χ4v) is 2.43. The molecular weight excluding hydrogens is 250 g/mol. The number of carbonyl (C=O) groups excluding carboxylic acids is 1. The molecule has 1 aliphatic rings. The van der Waals surface area contributed by atoms with Crippen molar-refractivity contribution < 1.29 is 4.79 Å². The van der Waals surface area contributed by atoms with E-state index in [4.69, 9.17) is 0 Å². The monoisotopic (exact) mass is 277 g/mol. The zero-order valence-electron chi connectivity index (χ0n) is 13.4. The van der Waals surface area contributed by atoms with Gasteiger partial charge in [-0.25, -0.2) is 0 Å². The molecule has 1 amide bonds. The molecular formula is C16H27N3O. The summed E-state index contributed by atoms with van der Waals surface area (Å²) in [5.41, 5.74) is 0.157. The summed E-state index contributed by atoms with van der Waals surface area (Å²) in [7, 11) is 0. The van der Waals surface area contributed by atoms with Crippen molar-refractivity contribution in [2.75, 3.05) is 19.6 Å². The summed E-state index contributed by atoms with van der Waals surface area (Å²) in [5, 5.41) is 9.30. The summed E-state index contributed by atoms with van der Waals surface area (Å²) in [6, 6.07) is 2.08. The SMILES string of the molecule is CCN(/C=C(/C#N)C(=O)N1CCC(C)CC1)C(C)(C)C. The van der Waals surface area contributed by atoms with Crippen molar-refractivity contribution in [3.8, 4) is 6.07 Å². The van der Waals surface area contributed by atoms with Crippen LogP contribution in [0.3, 0.4) is 0 Å². The molecule has 1 rings (SSSR count). The highest BCUT2D eigenvalue weighted by molar-refractivity contribution is 5.97. The van der Waals surface area contributed by atoms with E-state index in [9.17, 15) is 10.1 Å². The Hall–Kier alpha value is -1.50. The minimum atomic E-state index is -0.123. The highest BCUT2D eigenvalue weighted by atomic mass is 16.2. The lowest BCUT2D eigenvalue weighted by Gasteiger charge is -2.35. The second-order valence-corrected chi connectivity index (χ2v) is 6.59. The van der Waals surface area contributed by atoms with Crippen LogP contribution < -0.4 is 0 Å². The van der Waals surface area contributed by atoms with Crippen LogP contribution in [0.25, 0.3) is 0 Å². The molecule has 4 heteroatoms. The molecule has 0 unspecified atom stereocenters. The van der Waals surface area contributed by atoms with E-state index < -0.39 is 0 Å². The van der Waals surface area contributed by atoms with Crippen LogP contribution in [0.15, 0.2) is 11.8 Å². The lowest BCUT2D eigenvalue weighted by molar-refractivity contribution is -0.128. The number of nitrogens with zero attached hydrogens (tertiary/aromatic N) is 3. The Bertz CT molecular complexity index is 406. The Morgan fingerprint density at radius 3 is 2.35 bits per heavy atom. The van der Waals surface area contributed by atoms with E-state index in [1.54, 1.807) is 6.20 Å². The molecule has 1 saturated heterocycles. The Morgan fingerprint density at radius 2 is 1.95 bits per heavy atom. The molecule has 0 radical (unpaired) electrons. The average molecular weight is 277 g/mol. The fraction of sp³-hybridized carbons (Fsp3) is 0.750. The summed E-state index contributed by atoms with van der Waals surface area (Å²) < 4.78 is 0. The molecule has 1 heterocycles. The number of hydrogen-bond donors (Lipinski definition) is 0. The second kappa shape index (κ2) is 6.78. The number of nitriles is 1. The first kappa shape index (κ1) is 16.6. The third-order valence-corrected chi connectivity index (χ3v) is 3.91. The first-order valence-electron chi connectivity index (χ1n) is 7.47. The van der Waals surface area contributed by atoms with Gasteiger partial charge in [-0.05, 0) is 46.5 Å². The van der Waals surface area contributed by atoms with Gasteiger partial charge in [0.15, 0.2) is 0 Å². The first-order valence-corrected chi connectivity index (χ1v) is 7.47. The molecule has 0 aromatic carbocycles. The predicted molar refractivity (Wildman–Crippen MR) is 80.8 cm³/mol. The van der Waals surface area contributed by atoms with Crippen LogP contribution in [-0.2, 0) is 4.79 Å². The van der Waals surface area contributed by atoms with Gasteiger partial charge in [0.2, 0.25) is 0 Å². The summed E-state index contributed by atoms with van der Waals surface area (Å²) in [5.74, 6) is 0.553. The molecule has 0 bridgehead atoms. The van der Waals surface area contributed by atoms with Gasteiger partial charge in [0, 0.05) is 31.4 Å². The van der Waals surface area contributed by atoms with E-state index in [0.717, 1.165) is 32.5 Å². The lowest BCUT2D eigenvalue weighted by Crippen LogP contribution is -2.41. The molecule has 20 heavy (non-hydrogen) atoms. The molecule has 1 fully saturated rings. The average Bonchev–Trinajstić information content (AvgIpc) is 2.38. The Kier molecular flexibility index (Phi) is 5.62. The minimum Gasteiger partial charge on any atom is -0.372 e. The molecule has 0 spiro atoms. The molecule has 0 saturated carbocycles. The van der Waals surface area contributed by atoms with Crippen LogP contribution in [-0.4, -0.2) is 40.9 Å². The second-order valence-electron chi connectivity index (χ2n) is 6.59. The quantitative estimate of drug-likeness (QED) is 0.588. The summed E-state index contributed by atoms with van der Waals surface area (Å²) in [4.78, 5) is 16.3. The Balaban J connectivity index is 2.84. The minimum absolute atomic E-state index is 0.0897. The van der Waals surface area contributed by atoms with Crippen molar-refractivity contribution >= 4 is 5.91 Å². The molecule has 0 aromatic rings. The molecule has 0 atom stereocenters. The Morgan fingerprint density at radius 1 is 1.40 bits per heavy atom. The number of likely N-dealkylation sites (tertiary alicyclic amines) is 1. The van der Waals surface area contributed by atoms with E-state index in [-0.39, 0.29) is 17.0 Å².